The minimum atomic E-state index is -0.282. The van der Waals surface area contributed by atoms with Crippen LogP contribution in [0.2, 0.25) is 0 Å². The number of amides is 1. The second-order valence-corrected chi connectivity index (χ2v) is 9.94. The standard InChI is InChI=1S/C28H28FN7O2/c1-17-10-20(14-35(13-17)15-22-23(29)4-3-5-25(22)38-2)32-28(37)19-6-7-24-21(11-19)27(34-33-24)18-8-9-36-26(12-18)30-16-31-36/h3-9,11-12,16-17,20H,10,13-15H2,1-2H3,(H,32,37)(H,33,34)/t17-,20+/m0/s1. The number of nitrogens with one attached hydrogen (secondary N) is 2. The molecule has 0 saturated carbocycles. The van der Waals surface area contributed by atoms with Gasteiger partial charge < -0.3 is 10.1 Å². The molecule has 38 heavy (non-hydrogen) atoms. The number of rotatable bonds is 6. The van der Waals surface area contributed by atoms with Gasteiger partial charge in [0.05, 0.1) is 12.6 Å². The Kier molecular flexibility index (Phi) is 6.24. The van der Waals surface area contributed by atoms with Gasteiger partial charge in [-0.3, -0.25) is 14.8 Å². The Balaban J connectivity index is 1.20. The van der Waals surface area contributed by atoms with Gasteiger partial charge in [-0.1, -0.05) is 13.0 Å². The van der Waals surface area contributed by atoms with E-state index in [9.17, 15) is 9.18 Å². The van der Waals surface area contributed by atoms with E-state index in [1.54, 1.807) is 29.8 Å². The summed E-state index contributed by atoms with van der Waals surface area (Å²) in [6.45, 7) is 4.03. The Morgan fingerprint density at radius 2 is 2.11 bits per heavy atom. The lowest BCUT2D eigenvalue weighted by Crippen LogP contribution is -2.50. The van der Waals surface area contributed by atoms with Gasteiger partial charge in [-0.15, -0.1) is 0 Å². The number of nitrogens with zero attached hydrogens (tertiary/aromatic N) is 5. The summed E-state index contributed by atoms with van der Waals surface area (Å²) in [7, 11) is 1.55. The number of hydrogen-bond acceptors (Lipinski definition) is 6. The fourth-order valence-electron chi connectivity index (χ4n) is 5.41. The Morgan fingerprint density at radius 1 is 1.21 bits per heavy atom. The summed E-state index contributed by atoms with van der Waals surface area (Å²) in [5.74, 6) is 0.461. The molecule has 194 valence electrons. The molecular formula is C28H28FN7O2. The zero-order valence-corrected chi connectivity index (χ0v) is 21.2. The summed E-state index contributed by atoms with van der Waals surface area (Å²) < 4.78 is 21.6. The molecule has 0 radical (unpaired) electrons. The molecule has 10 heteroatoms. The molecule has 1 aliphatic heterocycles. The summed E-state index contributed by atoms with van der Waals surface area (Å²) in [4.78, 5) is 19.8. The molecule has 4 heterocycles. The molecule has 1 saturated heterocycles. The number of H-pyrrole nitrogens is 1. The number of aromatic nitrogens is 5. The van der Waals surface area contributed by atoms with Crippen molar-refractivity contribution in [3.63, 3.8) is 0 Å². The number of methoxy groups -OCH3 is 1. The third kappa shape index (κ3) is 4.58. The van der Waals surface area contributed by atoms with Crippen molar-refractivity contribution in [3.05, 3.63) is 78.0 Å². The predicted octanol–water partition coefficient (Wildman–Crippen LogP) is 4.06. The van der Waals surface area contributed by atoms with E-state index in [1.807, 2.05) is 30.5 Å². The van der Waals surface area contributed by atoms with Gasteiger partial charge >= 0.3 is 0 Å². The molecule has 0 aliphatic carbocycles. The maximum absolute atomic E-state index is 14.5. The van der Waals surface area contributed by atoms with Crippen molar-refractivity contribution >= 4 is 22.5 Å². The average Bonchev–Trinajstić information content (AvgIpc) is 3.55. The van der Waals surface area contributed by atoms with E-state index < -0.39 is 0 Å². The van der Waals surface area contributed by atoms with E-state index in [0.717, 1.165) is 40.8 Å². The van der Waals surface area contributed by atoms with Crippen molar-refractivity contribution in [2.24, 2.45) is 5.92 Å². The van der Waals surface area contributed by atoms with Crippen LogP contribution in [0.3, 0.4) is 0 Å². The van der Waals surface area contributed by atoms with Crippen LogP contribution in [0.25, 0.3) is 27.8 Å². The third-order valence-electron chi connectivity index (χ3n) is 7.13. The van der Waals surface area contributed by atoms with Gasteiger partial charge in [0.1, 0.15) is 23.6 Å². The fraction of sp³-hybridized carbons (Fsp3) is 0.286. The van der Waals surface area contributed by atoms with Crippen LogP contribution in [0.15, 0.2) is 61.1 Å². The maximum atomic E-state index is 14.5. The van der Waals surface area contributed by atoms with Gasteiger partial charge in [-0.2, -0.15) is 10.2 Å². The van der Waals surface area contributed by atoms with E-state index in [4.69, 9.17) is 4.74 Å². The smallest absolute Gasteiger partial charge is 0.251 e. The van der Waals surface area contributed by atoms with Crippen LogP contribution in [0.1, 0.15) is 29.3 Å². The Hall–Kier alpha value is -4.31. The van der Waals surface area contributed by atoms with Crippen LogP contribution in [0, 0.1) is 11.7 Å². The Bertz CT molecular complexity index is 1630. The van der Waals surface area contributed by atoms with Crippen molar-refractivity contribution in [2.75, 3.05) is 20.2 Å². The average molecular weight is 514 g/mol. The number of fused-ring (bicyclic) bond motifs is 2. The predicted molar refractivity (Wildman–Crippen MR) is 141 cm³/mol. The molecule has 9 nitrogen and oxygen atoms in total. The van der Waals surface area contributed by atoms with E-state index in [1.165, 1.54) is 12.4 Å². The van der Waals surface area contributed by atoms with E-state index in [0.29, 0.717) is 35.9 Å². The van der Waals surface area contributed by atoms with Gasteiger partial charge in [-0.05, 0) is 54.8 Å². The van der Waals surface area contributed by atoms with Crippen molar-refractivity contribution in [3.8, 4) is 17.0 Å². The monoisotopic (exact) mass is 513 g/mol. The first-order chi connectivity index (χ1) is 18.5. The highest BCUT2D eigenvalue weighted by atomic mass is 19.1. The van der Waals surface area contributed by atoms with Gasteiger partial charge in [0.2, 0.25) is 0 Å². The topological polar surface area (TPSA) is 100 Å². The molecule has 5 aromatic rings. The fourth-order valence-corrected chi connectivity index (χ4v) is 5.41. The number of hydrogen-bond donors (Lipinski definition) is 2. The summed E-state index contributed by atoms with van der Waals surface area (Å²) in [6.07, 6.45) is 4.19. The lowest BCUT2D eigenvalue weighted by Gasteiger charge is -2.37. The number of ether oxygens (including phenoxy) is 1. The minimum absolute atomic E-state index is 0.0566. The van der Waals surface area contributed by atoms with E-state index >= 15 is 0 Å². The summed E-state index contributed by atoms with van der Waals surface area (Å²) >= 11 is 0. The lowest BCUT2D eigenvalue weighted by molar-refractivity contribution is 0.0868. The van der Waals surface area contributed by atoms with Crippen LogP contribution < -0.4 is 10.1 Å². The van der Waals surface area contributed by atoms with Gasteiger partial charge in [-0.25, -0.2) is 13.9 Å². The number of halogens is 1. The number of likely N-dealkylation sites (tertiary alicyclic amines) is 1. The van der Waals surface area contributed by atoms with E-state index in [-0.39, 0.29) is 17.8 Å². The normalized spacial score (nSPS) is 18.2. The number of piperidine rings is 1. The number of benzene rings is 2. The van der Waals surface area contributed by atoms with Crippen LogP contribution in [0.5, 0.6) is 5.75 Å². The van der Waals surface area contributed by atoms with Crippen molar-refractivity contribution < 1.29 is 13.9 Å². The van der Waals surface area contributed by atoms with Crippen LogP contribution in [-0.2, 0) is 6.54 Å². The zero-order valence-electron chi connectivity index (χ0n) is 21.2. The second-order valence-electron chi connectivity index (χ2n) is 9.94. The Morgan fingerprint density at radius 3 is 2.97 bits per heavy atom. The highest BCUT2D eigenvalue weighted by Gasteiger charge is 2.28. The van der Waals surface area contributed by atoms with Crippen LogP contribution >= 0.6 is 0 Å². The number of carbonyl (C=O) groups is 1. The van der Waals surface area contributed by atoms with Crippen molar-refractivity contribution in [2.45, 2.75) is 25.9 Å². The van der Waals surface area contributed by atoms with Crippen LogP contribution in [0.4, 0.5) is 4.39 Å². The molecule has 1 aliphatic rings. The number of pyridine rings is 1. The number of carbonyl (C=O) groups excluding carboxylic acids is 1. The van der Waals surface area contributed by atoms with Crippen molar-refractivity contribution in [1.82, 2.24) is 35.0 Å². The minimum Gasteiger partial charge on any atom is -0.496 e. The molecule has 3 aromatic heterocycles. The molecule has 0 spiro atoms. The molecular weight excluding hydrogens is 485 g/mol. The largest absolute Gasteiger partial charge is 0.496 e. The first-order valence-corrected chi connectivity index (χ1v) is 12.6. The van der Waals surface area contributed by atoms with Gasteiger partial charge in [0.25, 0.3) is 5.91 Å². The van der Waals surface area contributed by atoms with Gasteiger partial charge in [0.15, 0.2) is 5.65 Å². The molecule has 2 aromatic carbocycles. The molecule has 0 unspecified atom stereocenters. The molecule has 6 rings (SSSR count). The van der Waals surface area contributed by atoms with E-state index in [2.05, 4.69) is 37.4 Å². The molecule has 2 N–H and O–H groups in total. The quantitative estimate of drug-likeness (QED) is 0.355. The first kappa shape index (κ1) is 24.1. The molecule has 1 amide bonds. The first-order valence-electron chi connectivity index (χ1n) is 12.6. The number of aromatic amines is 1. The highest BCUT2D eigenvalue weighted by molar-refractivity contribution is 6.01. The van der Waals surface area contributed by atoms with Crippen LogP contribution in [-0.4, -0.2) is 61.8 Å². The lowest BCUT2D eigenvalue weighted by atomic mass is 9.95. The third-order valence-corrected chi connectivity index (χ3v) is 7.13. The highest BCUT2D eigenvalue weighted by Crippen LogP contribution is 2.29. The zero-order chi connectivity index (χ0) is 26.2. The maximum Gasteiger partial charge on any atom is 0.251 e. The van der Waals surface area contributed by atoms with Gasteiger partial charge in [0, 0.05) is 53.9 Å². The summed E-state index contributed by atoms with van der Waals surface area (Å²) in [5.41, 5.74) is 4.29. The SMILES string of the molecule is COc1cccc(F)c1CN1C[C@@H](C)C[C@@H](NC(=O)c2ccc3[nH]nc(-c4ccn5ncnc5c4)c3c2)C1. The molecule has 2 atom stereocenters. The molecule has 1 fully saturated rings. The van der Waals surface area contributed by atoms with Crippen molar-refractivity contribution in [1.29, 1.82) is 0 Å². The summed E-state index contributed by atoms with van der Waals surface area (Å²) in [6, 6.07) is 14.2. The Labute approximate surface area is 218 Å². The molecule has 0 bridgehead atoms. The second kappa shape index (κ2) is 9.86. The summed E-state index contributed by atoms with van der Waals surface area (Å²) in [5, 5.41) is 15.7.